The summed E-state index contributed by atoms with van der Waals surface area (Å²) in [5.41, 5.74) is 1.48. The van der Waals surface area contributed by atoms with E-state index in [0.29, 0.717) is 15.9 Å². The summed E-state index contributed by atoms with van der Waals surface area (Å²) in [7, 11) is -3.51. The summed E-state index contributed by atoms with van der Waals surface area (Å²) < 4.78 is 27.3. The fraction of sp³-hybridized carbons (Fsp3) is 0.308. The number of hydrogen-bond acceptors (Lipinski definition) is 5. The first kappa shape index (κ1) is 13.5. The van der Waals surface area contributed by atoms with Gasteiger partial charge in [-0.25, -0.2) is 8.42 Å². The molecule has 2 aromatic heterocycles. The molecule has 5 nitrogen and oxygen atoms in total. The van der Waals surface area contributed by atoms with Crippen LogP contribution in [-0.2, 0) is 16.6 Å². The van der Waals surface area contributed by atoms with Crippen molar-refractivity contribution < 1.29 is 8.42 Å². The van der Waals surface area contributed by atoms with Crippen LogP contribution in [0.1, 0.15) is 18.4 Å². The van der Waals surface area contributed by atoms with Gasteiger partial charge in [-0.3, -0.25) is 9.71 Å². The Morgan fingerprint density at radius 1 is 1.40 bits per heavy atom. The summed E-state index contributed by atoms with van der Waals surface area (Å²) in [6.45, 7) is 0.726. The predicted molar refractivity (Wildman–Crippen MR) is 79.2 cm³/mol. The average molecular weight is 309 g/mol. The molecule has 0 radical (unpaired) electrons. The smallest absolute Gasteiger partial charge is 0.271 e. The lowest BCUT2D eigenvalue weighted by molar-refractivity contribution is 0.603. The van der Waals surface area contributed by atoms with E-state index < -0.39 is 10.0 Å². The number of rotatable bonds is 6. The van der Waals surface area contributed by atoms with E-state index in [9.17, 15) is 8.42 Å². The lowest BCUT2D eigenvalue weighted by Crippen LogP contribution is -2.15. The van der Waals surface area contributed by atoms with Gasteiger partial charge in [0.1, 0.15) is 4.21 Å². The highest BCUT2D eigenvalue weighted by Gasteiger charge is 2.21. The van der Waals surface area contributed by atoms with Crippen LogP contribution >= 0.6 is 11.3 Å². The van der Waals surface area contributed by atoms with Crippen LogP contribution in [0.3, 0.4) is 0 Å². The average Bonchev–Trinajstić information content (AvgIpc) is 3.13. The highest BCUT2D eigenvalue weighted by molar-refractivity contribution is 7.94. The maximum Gasteiger partial charge on any atom is 0.271 e. The van der Waals surface area contributed by atoms with Gasteiger partial charge < -0.3 is 5.32 Å². The van der Waals surface area contributed by atoms with Crippen molar-refractivity contribution in [2.75, 3.05) is 4.72 Å². The van der Waals surface area contributed by atoms with Gasteiger partial charge in [-0.05, 0) is 42.0 Å². The first-order valence-corrected chi connectivity index (χ1v) is 8.73. The zero-order valence-corrected chi connectivity index (χ0v) is 12.4. The normalized spacial score (nSPS) is 15.2. The van der Waals surface area contributed by atoms with E-state index in [-0.39, 0.29) is 0 Å². The molecule has 1 fully saturated rings. The number of sulfonamides is 1. The minimum absolute atomic E-state index is 0.328. The highest BCUT2D eigenvalue weighted by Crippen LogP contribution is 2.24. The Kier molecular flexibility index (Phi) is 3.73. The molecule has 0 aliphatic heterocycles. The van der Waals surface area contributed by atoms with Crippen molar-refractivity contribution in [1.82, 2.24) is 10.3 Å². The molecular weight excluding hydrogens is 294 g/mol. The Bertz CT molecular complexity index is 679. The van der Waals surface area contributed by atoms with E-state index in [0.717, 1.165) is 12.1 Å². The lowest BCUT2D eigenvalue weighted by atomic mass is 10.3. The van der Waals surface area contributed by atoms with Gasteiger partial charge in [-0.2, -0.15) is 0 Å². The quantitative estimate of drug-likeness (QED) is 0.858. The fourth-order valence-corrected chi connectivity index (χ4v) is 4.02. The fourth-order valence-electron chi connectivity index (χ4n) is 1.77. The second-order valence-corrected chi connectivity index (χ2v) is 7.60. The second-order valence-electron chi connectivity index (χ2n) is 4.78. The minimum Gasteiger partial charge on any atom is -0.310 e. The number of nitrogens with one attached hydrogen (secondary N) is 2. The van der Waals surface area contributed by atoms with Crippen LogP contribution in [0.2, 0.25) is 0 Å². The summed E-state index contributed by atoms with van der Waals surface area (Å²) >= 11 is 1.24. The van der Waals surface area contributed by atoms with E-state index in [1.807, 2.05) is 5.38 Å². The summed E-state index contributed by atoms with van der Waals surface area (Å²) in [4.78, 5) is 3.89. The van der Waals surface area contributed by atoms with Gasteiger partial charge in [-0.15, -0.1) is 11.3 Å². The standard InChI is InChI=1S/C13H15N3O2S2/c17-20(18,16-12-2-1-5-14-8-12)13-6-10(9-19-13)7-15-11-3-4-11/h1-2,5-6,8-9,11,15-16H,3-4,7H2. The molecule has 2 N–H and O–H groups in total. The second kappa shape index (κ2) is 5.51. The molecule has 0 aromatic carbocycles. The van der Waals surface area contributed by atoms with Crippen molar-refractivity contribution in [1.29, 1.82) is 0 Å². The van der Waals surface area contributed by atoms with Crippen LogP contribution < -0.4 is 10.0 Å². The van der Waals surface area contributed by atoms with Gasteiger partial charge in [0.25, 0.3) is 10.0 Å². The molecule has 1 saturated carbocycles. The van der Waals surface area contributed by atoms with Gasteiger partial charge in [0.15, 0.2) is 0 Å². The Hall–Kier alpha value is -1.44. The van der Waals surface area contributed by atoms with Gasteiger partial charge in [0.05, 0.1) is 11.9 Å². The summed E-state index contributed by atoms with van der Waals surface area (Å²) in [6.07, 6.45) is 5.53. The zero-order valence-electron chi connectivity index (χ0n) is 10.7. The minimum atomic E-state index is -3.51. The topological polar surface area (TPSA) is 71.1 Å². The summed E-state index contributed by atoms with van der Waals surface area (Å²) in [5, 5.41) is 5.25. The maximum atomic E-state index is 12.2. The predicted octanol–water partition coefficient (Wildman–Crippen LogP) is 2.20. The molecule has 0 atom stereocenters. The van der Waals surface area contributed by atoms with Gasteiger partial charge >= 0.3 is 0 Å². The Morgan fingerprint density at radius 2 is 2.25 bits per heavy atom. The molecule has 0 unspecified atom stereocenters. The first-order valence-electron chi connectivity index (χ1n) is 6.37. The van der Waals surface area contributed by atoms with Gasteiger partial charge in [0.2, 0.25) is 0 Å². The van der Waals surface area contributed by atoms with E-state index in [2.05, 4.69) is 15.0 Å². The van der Waals surface area contributed by atoms with E-state index in [1.165, 1.54) is 30.4 Å². The largest absolute Gasteiger partial charge is 0.310 e. The van der Waals surface area contributed by atoms with Crippen molar-refractivity contribution in [3.8, 4) is 0 Å². The molecule has 1 aliphatic carbocycles. The van der Waals surface area contributed by atoms with Crippen LogP contribution in [0.4, 0.5) is 5.69 Å². The third-order valence-electron chi connectivity index (χ3n) is 2.98. The molecule has 3 rings (SSSR count). The van der Waals surface area contributed by atoms with Crippen molar-refractivity contribution in [2.24, 2.45) is 0 Å². The molecule has 7 heteroatoms. The summed E-state index contributed by atoms with van der Waals surface area (Å²) in [5.74, 6) is 0. The van der Waals surface area contributed by atoms with Crippen molar-refractivity contribution in [3.63, 3.8) is 0 Å². The SMILES string of the molecule is O=S(=O)(Nc1cccnc1)c1cc(CNC2CC2)cs1. The summed E-state index contributed by atoms with van der Waals surface area (Å²) in [6, 6.07) is 5.70. The van der Waals surface area contributed by atoms with Crippen LogP contribution in [0, 0.1) is 0 Å². The maximum absolute atomic E-state index is 12.2. The molecule has 0 amide bonds. The third kappa shape index (κ3) is 3.36. The number of thiophene rings is 1. The number of pyridine rings is 1. The van der Waals surface area contributed by atoms with Crippen LogP contribution in [0.5, 0.6) is 0 Å². The van der Waals surface area contributed by atoms with Gasteiger partial charge in [-0.1, -0.05) is 0 Å². The number of hydrogen-bond donors (Lipinski definition) is 2. The number of anilines is 1. The molecular formula is C13H15N3O2S2. The molecule has 2 heterocycles. The molecule has 2 aromatic rings. The Labute approximate surface area is 122 Å². The molecule has 106 valence electrons. The first-order chi connectivity index (χ1) is 9.63. The van der Waals surface area contributed by atoms with E-state index in [1.54, 1.807) is 24.4 Å². The molecule has 20 heavy (non-hydrogen) atoms. The van der Waals surface area contributed by atoms with Gasteiger partial charge in [0, 0.05) is 18.8 Å². The van der Waals surface area contributed by atoms with Crippen LogP contribution in [0.25, 0.3) is 0 Å². The van der Waals surface area contributed by atoms with E-state index in [4.69, 9.17) is 0 Å². The van der Waals surface area contributed by atoms with Crippen molar-refractivity contribution in [3.05, 3.63) is 41.5 Å². The monoisotopic (exact) mass is 309 g/mol. The van der Waals surface area contributed by atoms with E-state index >= 15 is 0 Å². The Balaban J connectivity index is 1.70. The molecule has 0 spiro atoms. The third-order valence-corrected chi connectivity index (χ3v) is 5.85. The highest BCUT2D eigenvalue weighted by atomic mass is 32.2. The zero-order chi connectivity index (χ0) is 14.0. The molecule has 0 bridgehead atoms. The van der Waals surface area contributed by atoms with Crippen LogP contribution in [0.15, 0.2) is 40.2 Å². The lowest BCUT2D eigenvalue weighted by Gasteiger charge is -2.04. The molecule has 0 saturated heterocycles. The van der Waals surface area contributed by atoms with Crippen LogP contribution in [-0.4, -0.2) is 19.4 Å². The number of nitrogens with zero attached hydrogens (tertiary/aromatic N) is 1. The molecule has 1 aliphatic rings. The van der Waals surface area contributed by atoms with Crippen molar-refractivity contribution >= 4 is 27.0 Å². The number of aromatic nitrogens is 1. The van der Waals surface area contributed by atoms with Crippen molar-refractivity contribution in [2.45, 2.75) is 29.6 Å². The Morgan fingerprint density at radius 3 is 2.95 bits per heavy atom.